The summed E-state index contributed by atoms with van der Waals surface area (Å²) in [6.45, 7) is 13.3. The summed E-state index contributed by atoms with van der Waals surface area (Å²) >= 11 is 3.77. The van der Waals surface area contributed by atoms with Crippen LogP contribution >= 0.6 is 15.9 Å². The van der Waals surface area contributed by atoms with Crippen LogP contribution < -0.4 is 0 Å². The molecule has 230 valence electrons. The Hall–Kier alpha value is -2.49. The van der Waals surface area contributed by atoms with Crippen LogP contribution in [0.5, 0.6) is 0 Å². The summed E-state index contributed by atoms with van der Waals surface area (Å²) in [6.07, 6.45) is 7.28. The van der Waals surface area contributed by atoms with E-state index in [-0.39, 0.29) is 29.2 Å². The van der Waals surface area contributed by atoms with Crippen molar-refractivity contribution in [3.63, 3.8) is 0 Å². The Balaban J connectivity index is 1.79. The van der Waals surface area contributed by atoms with Gasteiger partial charge >= 0.3 is 0 Å². The average molecular weight is 645 g/mol. The quantitative estimate of drug-likeness (QED) is 0.167. The van der Waals surface area contributed by atoms with Crippen LogP contribution in [-0.2, 0) is 25.5 Å². The number of aliphatic hydroxyl groups excluding tert-OH is 1. The number of aliphatic hydroxyl groups is 1. The molecule has 0 radical (unpaired) electrons. The predicted octanol–water partition coefficient (Wildman–Crippen LogP) is 3.97. The molecule has 7 atom stereocenters. The molecule has 1 spiro atoms. The van der Waals surface area contributed by atoms with Gasteiger partial charge in [0.25, 0.3) is 0 Å². The van der Waals surface area contributed by atoms with Crippen molar-refractivity contribution in [1.82, 2.24) is 14.7 Å². The van der Waals surface area contributed by atoms with Gasteiger partial charge in [0.1, 0.15) is 11.6 Å². The standard InChI is InChI=1S/C33H46BrN3O5/c1-5-9-13-19-36(18-8-4)32(41)29-33-21-25(34)28(42-33)26(30(39)35(16-6-2)17-7-3)27(33)31(40)37(29)24(22-38)20-23-14-11-10-12-15-23/h6,8,10-12,14-15,24-29,38H,2,4-5,7,9,13,16-22H2,1,3H3/t24-,25?,26-,27+,28-,29?,33?/m1/s1. The fourth-order valence-corrected chi connectivity index (χ4v) is 8.20. The molecule has 2 bridgehead atoms. The molecule has 3 heterocycles. The normalized spacial score (nSPS) is 28.4. The zero-order valence-corrected chi connectivity index (χ0v) is 26.6. The van der Waals surface area contributed by atoms with Crippen molar-refractivity contribution < 1.29 is 24.2 Å². The predicted molar refractivity (Wildman–Crippen MR) is 167 cm³/mol. The molecule has 3 amide bonds. The first kappa shape index (κ1) is 32.4. The number of ether oxygens (including phenoxy) is 1. The SMILES string of the molecule is C=CCN(CCCCC)C(=O)C1N([C@@H](CO)Cc2ccccc2)C(=O)[C@@H]2[C@@H](C(=O)N(CC=C)CCC)[C@@H]3OC12CC3Br. The Morgan fingerprint density at radius 3 is 2.36 bits per heavy atom. The second-order valence-electron chi connectivity index (χ2n) is 11.8. The number of hydrogen-bond acceptors (Lipinski definition) is 5. The van der Waals surface area contributed by atoms with Crippen LogP contribution in [0.2, 0.25) is 0 Å². The maximum absolute atomic E-state index is 14.6. The van der Waals surface area contributed by atoms with Crippen LogP contribution in [0, 0.1) is 11.8 Å². The number of nitrogens with zero attached hydrogens (tertiary/aromatic N) is 3. The zero-order chi connectivity index (χ0) is 30.4. The molecule has 3 unspecified atom stereocenters. The van der Waals surface area contributed by atoms with E-state index in [9.17, 15) is 19.5 Å². The van der Waals surface area contributed by atoms with Crippen LogP contribution in [0.4, 0.5) is 0 Å². The highest BCUT2D eigenvalue weighted by atomic mass is 79.9. The number of amides is 3. The average Bonchev–Trinajstić information content (AvgIpc) is 3.58. The molecule has 0 saturated carbocycles. The fourth-order valence-electron chi connectivity index (χ4n) is 7.26. The summed E-state index contributed by atoms with van der Waals surface area (Å²) < 4.78 is 6.73. The minimum atomic E-state index is -1.17. The Kier molecular flexibility index (Phi) is 11.1. The van der Waals surface area contributed by atoms with Gasteiger partial charge in [0.05, 0.1) is 30.6 Å². The van der Waals surface area contributed by atoms with Crippen LogP contribution in [0.1, 0.15) is 51.5 Å². The molecule has 3 aliphatic rings. The second-order valence-corrected chi connectivity index (χ2v) is 13.0. The van der Waals surface area contributed by atoms with Gasteiger partial charge < -0.3 is 24.5 Å². The van der Waals surface area contributed by atoms with Crippen molar-refractivity contribution >= 4 is 33.7 Å². The lowest BCUT2D eigenvalue weighted by molar-refractivity contribution is -0.151. The van der Waals surface area contributed by atoms with E-state index in [0.717, 1.165) is 31.2 Å². The summed E-state index contributed by atoms with van der Waals surface area (Å²) in [6, 6.07) is 8.05. The maximum atomic E-state index is 14.6. The van der Waals surface area contributed by atoms with Crippen molar-refractivity contribution in [1.29, 1.82) is 0 Å². The van der Waals surface area contributed by atoms with Crippen LogP contribution in [0.3, 0.4) is 0 Å². The number of carbonyl (C=O) groups is 3. The van der Waals surface area contributed by atoms with E-state index in [4.69, 9.17) is 4.74 Å². The van der Waals surface area contributed by atoms with Gasteiger partial charge in [-0.2, -0.15) is 0 Å². The fraction of sp³-hybridized carbons (Fsp3) is 0.606. The van der Waals surface area contributed by atoms with Gasteiger partial charge in [-0.25, -0.2) is 0 Å². The highest BCUT2D eigenvalue weighted by molar-refractivity contribution is 9.09. The third kappa shape index (κ3) is 5.97. The van der Waals surface area contributed by atoms with E-state index in [1.54, 1.807) is 26.9 Å². The van der Waals surface area contributed by atoms with Crippen molar-refractivity contribution in [2.45, 2.75) is 81.0 Å². The van der Waals surface area contributed by atoms with Crippen LogP contribution in [-0.4, -0.2) is 98.9 Å². The molecule has 3 aliphatic heterocycles. The number of likely N-dealkylation sites (tertiary alicyclic amines) is 1. The molecule has 9 heteroatoms. The molecule has 4 rings (SSSR count). The van der Waals surface area contributed by atoms with Crippen molar-refractivity contribution in [2.75, 3.05) is 32.8 Å². The largest absolute Gasteiger partial charge is 0.394 e. The third-order valence-corrected chi connectivity index (χ3v) is 9.86. The van der Waals surface area contributed by atoms with E-state index in [1.807, 2.05) is 37.3 Å². The van der Waals surface area contributed by atoms with Gasteiger partial charge in [-0.1, -0.05) is 85.1 Å². The van der Waals surface area contributed by atoms with Gasteiger partial charge in [0.15, 0.2) is 0 Å². The van der Waals surface area contributed by atoms with E-state index >= 15 is 0 Å². The number of halogens is 1. The van der Waals surface area contributed by atoms with Gasteiger partial charge in [0, 0.05) is 31.0 Å². The summed E-state index contributed by atoms with van der Waals surface area (Å²) in [4.78, 5) is 48.2. The minimum absolute atomic E-state index is 0.145. The Morgan fingerprint density at radius 1 is 1.10 bits per heavy atom. The number of unbranched alkanes of at least 4 members (excludes halogenated alkanes) is 2. The van der Waals surface area contributed by atoms with Crippen LogP contribution in [0.25, 0.3) is 0 Å². The Morgan fingerprint density at radius 2 is 1.76 bits per heavy atom. The summed E-state index contributed by atoms with van der Waals surface area (Å²) in [7, 11) is 0. The highest BCUT2D eigenvalue weighted by Crippen LogP contribution is 2.61. The van der Waals surface area contributed by atoms with Gasteiger partial charge in [0.2, 0.25) is 17.7 Å². The van der Waals surface area contributed by atoms with Crippen molar-refractivity contribution in [3.05, 3.63) is 61.2 Å². The monoisotopic (exact) mass is 643 g/mol. The first-order valence-electron chi connectivity index (χ1n) is 15.4. The number of alkyl halides is 1. The van der Waals surface area contributed by atoms with Crippen molar-refractivity contribution in [3.8, 4) is 0 Å². The number of fused-ring (bicyclic) bond motifs is 1. The van der Waals surface area contributed by atoms with Gasteiger partial charge in [-0.15, -0.1) is 13.2 Å². The smallest absolute Gasteiger partial charge is 0.248 e. The molecule has 3 saturated heterocycles. The third-order valence-electron chi connectivity index (χ3n) is 9.01. The summed E-state index contributed by atoms with van der Waals surface area (Å²) in [5, 5.41) is 10.7. The summed E-state index contributed by atoms with van der Waals surface area (Å²) in [5.41, 5.74) is -0.222. The zero-order valence-electron chi connectivity index (χ0n) is 25.0. The van der Waals surface area contributed by atoms with E-state index in [0.29, 0.717) is 39.0 Å². The van der Waals surface area contributed by atoms with Crippen molar-refractivity contribution in [2.24, 2.45) is 11.8 Å². The first-order valence-corrected chi connectivity index (χ1v) is 16.3. The second kappa shape index (κ2) is 14.3. The van der Waals surface area contributed by atoms with Gasteiger partial charge in [-0.3, -0.25) is 14.4 Å². The minimum Gasteiger partial charge on any atom is -0.394 e. The number of hydrogen-bond donors (Lipinski definition) is 1. The maximum Gasteiger partial charge on any atom is 0.248 e. The number of carbonyl (C=O) groups excluding carboxylic acids is 3. The molecular weight excluding hydrogens is 598 g/mol. The van der Waals surface area contributed by atoms with E-state index < -0.39 is 35.6 Å². The Bertz CT molecular complexity index is 1130. The molecule has 1 aromatic rings. The molecule has 8 nitrogen and oxygen atoms in total. The Labute approximate surface area is 258 Å². The molecule has 1 N–H and O–H groups in total. The molecule has 1 aromatic carbocycles. The topological polar surface area (TPSA) is 90.4 Å². The van der Waals surface area contributed by atoms with E-state index in [1.165, 1.54) is 0 Å². The summed E-state index contributed by atoms with van der Waals surface area (Å²) in [5.74, 6) is -2.18. The lowest BCUT2D eigenvalue weighted by Gasteiger charge is -2.39. The van der Waals surface area contributed by atoms with Gasteiger partial charge in [-0.05, 0) is 31.2 Å². The number of rotatable bonds is 16. The van der Waals surface area contributed by atoms with Crippen LogP contribution in [0.15, 0.2) is 55.6 Å². The lowest BCUT2D eigenvalue weighted by atomic mass is 9.70. The first-order chi connectivity index (χ1) is 20.3. The molecular formula is C33H46BrN3O5. The molecule has 0 aromatic heterocycles. The molecule has 0 aliphatic carbocycles. The van der Waals surface area contributed by atoms with E-state index in [2.05, 4.69) is 36.0 Å². The number of benzene rings is 1. The molecule has 42 heavy (non-hydrogen) atoms. The highest BCUT2D eigenvalue weighted by Gasteiger charge is 2.77. The lowest BCUT2D eigenvalue weighted by Crippen LogP contribution is -2.59. The molecule has 3 fully saturated rings.